The highest BCUT2D eigenvalue weighted by atomic mass is 16.5. The summed E-state index contributed by atoms with van der Waals surface area (Å²) in [6.07, 6.45) is 5.16. The minimum absolute atomic E-state index is 0.201. The molecular weight excluding hydrogens is 172 g/mol. The van der Waals surface area contributed by atoms with Gasteiger partial charge >= 0.3 is 0 Å². The van der Waals surface area contributed by atoms with Crippen molar-refractivity contribution in [2.75, 3.05) is 7.11 Å². The van der Waals surface area contributed by atoms with Crippen LogP contribution < -0.4 is 0 Å². The van der Waals surface area contributed by atoms with E-state index in [-0.39, 0.29) is 5.60 Å². The maximum Gasteiger partial charge on any atom is 0.0651 e. The van der Waals surface area contributed by atoms with Gasteiger partial charge in [-0.2, -0.15) is 0 Å². The lowest BCUT2D eigenvalue weighted by molar-refractivity contribution is -0.0320. The van der Waals surface area contributed by atoms with Crippen molar-refractivity contribution >= 4 is 0 Å². The van der Waals surface area contributed by atoms with Crippen LogP contribution in [0.1, 0.15) is 67.2 Å². The van der Waals surface area contributed by atoms with Crippen LogP contribution in [0.5, 0.6) is 0 Å². The van der Waals surface area contributed by atoms with Crippen molar-refractivity contribution in [3.05, 3.63) is 0 Å². The van der Waals surface area contributed by atoms with Gasteiger partial charge in [-0.25, -0.2) is 0 Å². The third-order valence-corrected chi connectivity index (χ3v) is 2.82. The quantitative estimate of drug-likeness (QED) is 0.601. The lowest BCUT2D eigenvalue weighted by Gasteiger charge is -2.34. The number of methoxy groups -OCH3 is 1. The van der Waals surface area contributed by atoms with E-state index in [1.807, 2.05) is 34.8 Å². The zero-order chi connectivity index (χ0) is 11.6. The highest BCUT2D eigenvalue weighted by Crippen LogP contribution is 2.33. The Balaban J connectivity index is 0. The maximum absolute atomic E-state index is 5.43. The van der Waals surface area contributed by atoms with E-state index >= 15 is 0 Å². The SMILES string of the molecule is CC.CC.COC1(C)CCC(C)CC1. The molecule has 1 saturated carbocycles. The van der Waals surface area contributed by atoms with Gasteiger partial charge in [0.1, 0.15) is 0 Å². The van der Waals surface area contributed by atoms with E-state index < -0.39 is 0 Å². The molecule has 0 saturated heterocycles. The van der Waals surface area contributed by atoms with E-state index in [0.717, 1.165) is 5.92 Å². The Morgan fingerprint density at radius 2 is 1.36 bits per heavy atom. The number of rotatable bonds is 1. The lowest BCUT2D eigenvalue weighted by Crippen LogP contribution is -2.31. The minimum atomic E-state index is 0.201. The van der Waals surface area contributed by atoms with Gasteiger partial charge < -0.3 is 4.74 Å². The van der Waals surface area contributed by atoms with Crippen LogP contribution >= 0.6 is 0 Å². The minimum Gasteiger partial charge on any atom is -0.379 e. The Morgan fingerprint density at radius 3 is 1.64 bits per heavy atom. The second-order valence-corrected chi connectivity index (χ2v) is 3.84. The van der Waals surface area contributed by atoms with Crippen molar-refractivity contribution in [1.29, 1.82) is 0 Å². The average Bonchev–Trinajstić information content (AvgIpc) is 2.28. The summed E-state index contributed by atoms with van der Waals surface area (Å²) < 4.78 is 5.43. The monoisotopic (exact) mass is 202 g/mol. The van der Waals surface area contributed by atoms with Gasteiger partial charge in [0.2, 0.25) is 0 Å². The summed E-state index contributed by atoms with van der Waals surface area (Å²) in [5.41, 5.74) is 0.201. The molecule has 1 fully saturated rings. The van der Waals surface area contributed by atoms with Crippen molar-refractivity contribution in [2.45, 2.75) is 72.8 Å². The van der Waals surface area contributed by atoms with Gasteiger partial charge in [-0.15, -0.1) is 0 Å². The van der Waals surface area contributed by atoms with Gasteiger partial charge in [0.25, 0.3) is 0 Å². The highest BCUT2D eigenvalue weighted by molar-refractivity contribution is 4.81. The Kier molecular flexibility index (Phi) is 11.1. The van der Waals surface area contributed by atoms with Gasteiger partial charge in [0.05, 0.1) is 5.60 Å². The van der Waals surface area contributed by atoms with Crippen LogP contribution in [-0.4, -0.2) is 12.7 Å². The molecule has 1 heteroatoms. The predicted molar refractivity (Wildman–Crippen MR) is 65.7 cm³/mol. The lowest BCUT2D eigenvalue weighted by atomic mass is 9.81. The topological polar surface area (TPSA) is 9.23 Å². The molecule has 0 spiro atoms. The van der Waals surface area contributed by atoms with E-state index in [1.165, 1.54) is 25.7 Å². The van der Waals surface area contributed by atoms with Gasteiger partial charge in [0, 0.05) is 7.11 Å². The fourth-order valence-electron chi connectivity index (χ4n) is 1.58. The van der Waals surface area contributed by atoms with Crippen LogP contribution in [0.25, 0.3) is 0 Å². The Hall–Kier alpha value is -0.0400. The first-order chi connectivity index (χ1) is 6.66. The molecule has 0 atom stereocenters. The molecule has 14 heavy (non-hydrogen) atoms. The standard InChI is InChI=1S/C9H18O.2C2H6/c1-8-4-6-9(2,10-3)7-5-8;2*1-2/h8H,4-7H2,1-3H3;2*1-2H3. The largest absolute Gasteiger partial charge is 0.379 e. The first kappa shape index (κ1) is 16.4. The van der Waals surface area contributed by atoms with E-state index in [4.69, 9.17) is 4.74 Å². The fraction of sp³-hybridized carbons (Fsp3) is 1.00. The molecule has 0 aromatic carbocycles. The fourth-order valence-corrected chi connectivity index (χ4v) is 1.58. The molecule has 0 unspecified atom stereocenters. The van der Waals surface area contributed by atoms with Crippen molar-refractivity contribution in [1.82, 2.24) is 0 Å². The van der Waals surface area contributed by atoms with E-state index in [1.54, 1.807) is 0 Å². The summed E-state index contributed by atoms with van der Waals surface area (Å²) in [5.74, 6) is 0.920. The summed E-state index contributed by atoms with van der Waals surface area (Å²) >= 11 is 0. The van der Waals surface area contributed by atoms with Crippen molar-refractivity contribution in [2.24, 2.45) is 5.92 Å². The molecule has 0 aliphatic heterocycles. The summed E-state index contributed by atoms with van der Waals surface area (Å²) in [7, 11) is 1.83. The summed E-state index contributed by atoms with van der Waals surface area (Å²) in [6, 6.07) is 0. The van der Waals surface area contributed by atoms with Crippen molar-refractivity contribution in [3.8, 4) is 0 Å². The third kappa shape index (κ3) is 6.42. The Morgan fingerprint density at radius 1 is 1.00 bits per heavy atom. The van der Waals surface area contributed by atoms with Gasteiger partial charge in [0.15, 0.2) is 0 Å². The molecular formula is C13H30O. The Labute approximate surface area is 91.2 Å². The third-order valence-electron chi connectivity index (χ3n) is 2.82. The van der Waals surface area contributed by atoms with Gasteiger partial charge in [-0.1, -0.05) is 34.6 Å². The molecule has 0 amide bonds. The molecule has 1 nitrogen and oxygen atoms in total. The first-order valence-corrected chi connectivity index (χ1v) is 6.21. The summed E-state index contributed by atoms with van der Waals surface area (Å²) in [5, 5.41) is 0. The molecule has 1 aliphatic carbocycles. The summed E-state index contributed by atoms with van der Waals surface area (Å²) in [6.45, 7) is 12.5. The van der Waals surface area contributed by atoms with Crippen LogP contribution in [-0.2, 0) is 4.74 Å². The van der Waals surface area contributed by atoms with Crippen molar-refractivity contribution in [3.63, 3.8) is 0 Å². The number of ether oxygens (including phenoxy) is 1. The molecule has 0 radical (unpaired) electrons. The van der Waals surface area contributed by atoms with Gasteiger partial charge in [-0.3, -0.25) is 0 Å². The second-order valence-electron chi connectivity index (χ2n) is 3.84. The number of hydrogen-bond donors (Lipinski definition) is 0. The normalized spacial score (nSPS) is 30.6. The second kappa shape index (κ2) is 9.51. The van der Waals surface area contributed by atoms with Crippen LogP contribution in [0.4, 0.5) is 0 Å². The summed E-state index contributed by atoms with van der Waals surface area (Å²) in [4.78, 5) is 0. The van der Waals surface area contributed by atoms with E-state index in [0.29, 0.717) is 0 Å². The zero-order valence-electron chi connectivity index (χ0n) is 11.3. The predicted octanol–water partition coefficient (Wildman–Crippen LogP) is 4.65. The molecule has 1 aliphatic rings. The van der Waals surface area contributed by atoms with E-state index in [2.05, 4.69) is 13.8 Å². The molecule has 1 rings (SSSR count). The van der Waals surface area contributed by atoms with Crippen LogP contribution in [0.2, 0.25) is 0 Å². The van der Waals surface area contributed by atoms with Crippen LogP contribution in [0.15, 0.2) is 0 Å². The average molecular weight is 202 g/mol. The molecule has 88 valence electrons. The highest BCUT2D eigenvalue weighted by Gasteiger charge is 2.28. The molecule has 0 heterocycles. The van der Waals surface area contributed by atoms with E-state index in [9.17, 15) is 0 Å². The van der Waals surface area contributed by atoms with Crippen LogP contribution in [0, 0.1) is 5.92 Å². The smallest absolute Gasteiger partial charge is 0.0651 e. The van der Waals surface area contributed by atoms with Crippen LogP contribution in [0.3, 0.4) is 0 Å². The molecule has 0 N–H and O–H groups in total. The first-order valence-electron chi connectivity index (χ1n) is 6.21. The Bertz CT molecular complexity index is 102. The maximum atomic E-state index is 5.43. The van der Waals surface area contributed by atoms with Gasteiger partial charge in [-0.05, 0) is 38.5 Å². The molecule has 0 aromatic heterocycles. The number of hydrogen-bond acceptors (Lipinski definition) is 1. The molecule has 0 aromatic rings. The van der Waals surface area contributed by atoms with Crippen molar-refractivity contribution < 1.29 is 4.74 Å². The molecule has 0 bridgehead atoms. The zero-order valence-corrected chi connectivity index (χ0v) is 11.3.